The highest BCUT2D eigenvalue weighted by Gasteiger charge is 2.33. The van der Waals surface area contributed by atoms with Crippen LogP contribution in [0.2, 0.25) is 0 Å². The van der Waals surface area contributed by atoms with Gasteiger partial charge in [0.25, 0.3) is 0 Å². The first-order valence-corrected chi connectivity index (χ1v) is 8.50. The van der Waals surface area contributed by atoms with Crippen molar-refractivity contribution in [3.8, 4) is 5.95 Å². The predicted octanol–water partition coefficient (Wildman–Crippen LogP) is 4.13. The SMILES string of the molecule is Cc1ccc2c(c1)c1c(n2-c2ncccn2)CC(C(C)C)CC1=O. The molecule has 1 aromatic carbocycles. The van der Waals surface area contributed by atoms with Crippen molar-refractivity contribution in [1.29, 1.82) is 0 Å². The van der Waals surface area contributed by atoms with Gasteiger partial charge >= 0.3 is 0 Å². The van der Waals surface area contributed by atoms with E-state index in [0.717, 1.165) is 34.1 Å². The van der Waals surface area contributed by atoms with Gasteiger partial charge in [-0.15, -0.1) is 0 Å². The Kier molecular flexibility index (Phi) is 3.48. The first kappa shape index (κ1) is 15.1. The third kappa shape index (κ3) is 2.25. The topological polar surface area (TPSA) is 47.8 Å². The molecule has 1 unspecified atom stereocenters. The summed E-state index contributed by atoms with van der Waals surface area (Å²) in [6.07, 6.45) is 5.02. The zero-order chi connectivity index (χ0) is 16.8. The summed E-state index contributed by atoms with van der Waals surface area (Å²) in [7, 11) is 0. The number of aryl methyl sites for hydroxylation is 1. The summed E-state index contributed by atoms with van der Waals surface area (Å²) < 4.78 is 2.08. The second-order valence-electron chi connectivity index (χ2n) is 7.06. The van der Waals surface area contributed by atoms with Gasteiger partial charge in [0.1, 0.15) is 0 Å². The van der Waals surface area contributed by atoms with Gasteiger partial charge < -0.3 is 0 Å². The van der Waals surface area contributed by atoms with Crippen LogP contribution in [-0.2, 0) is 6.42 Å². The highest BCUT2D eigenvalue weighted by Crippen LogP contribution is 2.38. The first-order valence-electron chi connectivity index (χ1n) is 8.50. The van der Waals surface area contributed by atoms with E-state index in [2.05, 4.69) is 53.5 Å². The van der Waals surface area contributed by atoms with Gasteiger partial charge in [0.15, 0.2) is 5.78 Å². The van der Waals surface area contributed by atoms with Crippen molar-refractivity contribution in [1.82, 2.24) is 14.5 Å². The van der Waals surface area contributed by atoms with Crippen LogP contribution in [0.3, 0.4) is 0 Å². The van der Waals surface area contributed by atoms with Crippen molar-refractivity contribution >= 4 is 16.7 Å². The molecule has 0 aliphatic heterocycles. The quantitative estimate of drug-likeness (QED) is 0.713. The van der Waals surface area contributed by atoms with E-state index < -0.39 is 0 Å². The zero-order valence-electron chi connectivity index (χ0n) is 14.3. The van der Waals surface area contributed by atoms with Crippen LogP contribution in [0.25, 0.3) is 16.9 Å². The number of rotatable bonds is 2. The Hall–Kier alpha value is -2.49. The predicted molar refractivity (Wildman–Crippen MR) is 94.6 cm³/mol. The number of ketones is 1. The molecule has 24 heavy (non-hydrogen) atoms. The monoisotopic (exact) mass is 319 g/mol. The van der Waals surface area contributed by atoms with Gasteiger partial charge in [0.05, 0.1) is 5.52 Å². The average molecular weight is 319 g/mol. The van der Waals surface area contributed by atoms with Crippen molar-refractivity contribution in [3.63, 3.8) is 0 Å². The maximum absolute atomic E-state index is 12.9. The van der Waals surface area contributed by atoms with E-state index in [9.17, 15) is 4.79 Å². The first-order chi connectivity index (χ1) is 11.6. The standard InChI is InChI=1S/C20H21N3O/c1-12(2)14-10-17-19(18(24)11-14)15-9-13(3)5-6-16(15)23(17)20-21-7-4-8-22-20/h4-9,12,14H,10-11H2,1-3H3. The highest BCUT2D eigenvalue weighted by molar-refractivity contribution is 6.11. The summed E-state index contributed by atoms with van der Waals surface area (Å²) in [6.45, 7) is 6.45. The van der Waals surface area contributed by atoms with Gasteiger partial charge in [0.2, 0.25) is 5.95 Å². The Bertz CT molecular complexity index is 925. The summed E-state index contributed by atoms with van der Waals surface area (Å²) >= 11 is 0. The molecule has 0 saturated heterocycles. The largest absolute Gasteiger partial charge is 0.294 e. The molecule has 4 heteroatoms. The van der Waals surface area contributed by atoms with Gasteiger partial charge in [-0.05, 0) is 43.4 Å². The second-order valence-corrected chi connectivity index (χ2v) is 7.06. The summed E-state index contributed by atoms with van der Waals surface area (Å²) in [5.74, 6) is 1.75. The smallest absolute Gasteiger partial charge is 0.234 e. The molecule has 0 fully saturated rings. The van der Waals surface area contributed by atoms with E-state index in [1.54, 1.807) is 12.4 Å². The number of Topliss-reactive ketones (excluding diaryl/α,β-unsaturated/α-hetero) is 1. The fraction of sp³-hybridized carbons (Fsp3) is 0.350. The van der Waals surface area contributed by atoms with Crippen LogP contribution in [0.4, 0.5) is 0 Å². The Labute approximate surface area is 141 Å². The summed E-state index contributed by atoms with van der Waals surface area (Å²) in [4.78, 5) is 21.8. The van der Waals surface area contributed by atoms with Crippen LogP contribution in [0, 0.1) is 18.8 Å². The number of carbonyl (C=O) groups excluding carboxylic acids is 1. The Morgan fingerprint density at radius 3 is 2.62 bits per heavy atom. The maximum atomic E-state index is 12.9. The summed E-state index contributed by atoms with van der Waals surface area (Å²) in [6, 6.07) is 8.09. The van der Waals surface area contributed by atoms with Gasteiger partial charge in [-0.1, -0.05) is 25.5 Å². The van der Waals surface area contributed by atoms with Crippen LogP contribution < -0.4 is 0 Å². The number of carbonyl (C=O) groups is 1. The van der Waals surface area contributed by atoms with Crippen molar-refractivity contribution < 1.29 is 4.79 Å². The van der Waals surface area contributed by atoms with Crippen LogP contribution in [0.1, 0.15) is 41.9 Å². The normalized spacial score (nSPS) is 17.5. The van der Waals surface area contributed by atoms with Crippen LogP contribution >= 0.6 is 0 Å². The van der Waals surface area contributed by atoms with E-state index in [-0.39, 0.29) is 5.78 Å². The number of benzene rings is 1. The molecule has 3 aromatic rings. The lowest BCUT2D eigenvalue weighted by Crippen LogP contribution is -2.25. The van der Waals surface area contributed by atoms with Crippen molar-refractivity contribution in [2.45, 2.75) is 33.6 Å². The number of hydrogen-bond donors (Lipinski definition) is 0. The zero-order valence-corrected chi connectivity index (χ0v) is 14.3. The third-order valence-electron chi connectivity index (χ3n) is 5.10. The molecule has 122 valence electrons. The van der Waals surface area contributed by atoms with E-state index in [1.807, 2.05) is 6.07 Å². The molecule has 0 spiro atoms. The van der Waals surface area contributed by atoms with Crippen LogP contribution in [-0.4, -0.2) is 20.3 Å². The molecule has 1 atom stereocenters. The number of nitrogens with zero attached hydrogens (tertiary/aromatic N) is 3. The lowest BCUT2D eigenvalue weighted by Gasteiger charge is -2.26. The van der Waals surface area contributed by atoms with Crippen molar-refractivity contribution in [2.75, 3.05) is 0 Å². The molecule has 0 N–H and O–H groups in total. The van der Waals surface area contributed by atoms with Crippen molar-refractivity contribution in [3.05, 3.63) is 53.5 Å². The van der Waals surface area contributed by atoms with E-state index in [1.165, 1.54) is 0 Å². The minimum atomic E-state index is 0.250. The molecule has 0 saturated carbocycles. The summed E-state index contributed by atoms with van der Waals surface area (Å²) in [5, 5.41) is 1.03. The minimum Gasteiger partial charge on any atom is -0.294 e. The average Bonchev–Trinajstić information content (AvgIpc) is 2.89. The Morgan fingerprint density at radius 2 is 1.92 bits per heavy atom. The lowest BCUT2D eigenvalue weighted by atomic mass is 9.79. The number of hydrogen-bond acceptors (Lipinski definition) is 3. The number of fused-ring (bicyclic) bond motifs is 3. The Morgan fingerprint density at radius 1 is 1.17 bits per heavy atom. The molecule has 1 aliphatic carbocycles. The minimum absolute atomic E-state index is 0.250. The van der Waals surface area contributed by atoms with E-state index >= 15 is 0 Å². The second kappa shape index (κ2) is 5.55. The lowest BCUT2D eigenvalue weighted by molar-refractivity contribution is 0.0934. The van der Waals surface area contributed by atoms with Crippen molar-refractivity contribution in [2.24, 2.45) is 11.8 Å². The molecular weight excluding hydrogens is 298 g/mol. The maximum Gasteiger partial charge on any atom is 0.234 e. The van der Waals surface area contributed by atoms with Gasteiger partial charge in [-0.3, -0.25) is 9.36 Å². The highest BCUT2D eigenvalue weighted by atomic mass is 16.1. The van der Waals surface area contributed by atoms with Gasteiger partial charge in [0, 0.05) is 35.5 Å². The molecular formula is C20H21N3O. The van der Waals surface area contributed by atoms with E-state index in [0.29, 0.717) is 24.2 Å². The molecule has 0 bridgehead atoms. The fourth-order valence-electron chi connectivity index (χ4n) is 3.73. The number of aromatic nitrogens is 3. The third-order valence-corrected chi connectivity index (χ3v) is 5.10. The molecule has 0 radical (unpaired) electrons. The molecule has 2 aromatic heterocycles. The fourth-order valence-corrected chi connectivity index (χ4v) is 3.73. The molecule has 2 heterocycles. The Balaban J connectivity index is 2.05. The summed E-state index contributed by atoms with van der Waals surface area (Å²) in [5.41, 5.74) is 4.12. The molecule has 4 nitrogen and oxygen atoms in total. The molecule has 4 rings (SSSR count). The van der Waals surface area contributed by atoms with Crippen LogP contribution in [0.5, 0.6) is 0 Å². The van der Waals surface area contributed by atoms with Gasteiger partial charge in [-0.25, -0.2) is 9.97 Å². The van der Waals surface area contributed by atoms with Gasteiger partial charge in [-0.2, -0.15) is 0 Å². The molecule has 1 aliphatic rings. The van der Waals surface area contributed by atoms with E-state index in [4.69, 9.17) is 0 Å². The molecule has 0 amide bonds. The van der Waals surface area contributed by atoms with Crippen LogP contribution in [0.15, 0.2) is 36.7 Å².